The Balaban J connectivity index is 2.25. The smallest absolute Gasteiger partial charge is 0.142 e. The molecular weight excluding hydrogens is 322 g/mol. The summed E-state index contributed by atoms with van der Waals surface area (Å²) in [4.78, 5) is 5.35. The molecule has 0 bridgehead atoms. The average Bonchev–Trinajstić information content (AvgIpc) is 3.14. The molecule has 0 spiro atoms. The lowest BCUT2D eigenvalue weighted by atomic mass is 10.0. The molecule has 120 valence electrons. The fourth-order valence-electron chi connectivity index (χ4n) is 2.46. The molecule has 0 unspecified atom stereocenters. The lowest BCUT2D eigenvalue weighted by Gasteiger charge is -2.13. The topological polar surface area (TPSA) is 81.2 Å². The van der Waals surface area contributed by atoms with Crippen LogP contribution in [0.5, 0.6) is 11.5 Å². The summed E-state index contributed by atoms with van der Waals surface area (Å²) in [5, 5.41) is 11.4. The first kappa shape index (κ1) is 15.8. The number of ether oxygens (including phenoxy) is 2. The zero-order chi connectivity index (χ0) is 17.1. The maximum Gasteiger partial charge on any atom is 0.142 e. The number of hydrogen-bond acceptors (Lipinski definition) is 6. The van der Waals surface area contributed by atoms with Crippen LogP contribution in [-0.4, -0.2) is 19.2 Å². The van der Waals surface area contributed by atoms with Gasteiger partial charge in [0, 0.05) is 16.0 Å². The third-order valence-electron chi connectivity index (χ3n) is 3.63. The van der Waals surface area contributed by atoms with Crippen molar-refractivity contribution >= 4 is 17.2 Å². The van der Waals surface area contributed by atoms with Crippen molar-refractivity contribution in [2.45, 2.75) is 0 Å². The molecule has 5 nitrogen and oxygen atoms in total. The van der Waals surface area contributed by atoms with E-state index in [1.165, 1.54) is 0 Å². The van der Waals surface area contributed by atoms with Crippen molar-refractivity contribution in [2.24, 2.45) is 0 Å². The highest BCUT2D eigenvalue weighted by atomic mass is 32.1. The number of nitrogens with zero attached hydrogens (tertiary/aromatic N) is 2. The summed E-state index contributed by atoms with van der Waals surface area (Å²) in [6.45, 7) is 0. The summed E-state index contributed by atoms with van der Waals surface area (Å²) in [5.41, 5.74) is 8.56. The number of thiophene rings is 1. The molecule has 0 aliphatic heterocycles. The van der Waals surface area contributed by atoms with E-state index in [0.29, 0.717) is 22.8 Å². The Morgan fingerprint density at radius 1 is 1.12 bits per heavy atom. The number of anilines is 1. The molecule has 3 rings (SSSR count). The minimum Gasteiger partial charge on any atom is -0.497 e. The van der Waals surface area contributed by atoms with Crippen LogP contribution in [0.1, 0.15) is 5.56 Å². The van der Waals surface area contributed by atoms with Crippen molar-refractivity contribution in [3.63, 3.8) is 0 Å². The highest BCUT2D eigenvalue weighted by Crippen LogP contribution is 2.37. The minimum atomic E-state index is 0.197. The number of rotatable bonds is 4. The molecule has 2 N–H and O–H groups in total. The van der Waals surface area contributed by atoms with E-state index in [0.717, 1.165) is 16.0 Å². The fraction of sp³-hybridized carbons (Fsp3) is 0.111. The summed E-state index contributed by atoms with van der Waals surface area (Å²) >= 11 is 1.55. The van der Waals surface area contributed by atoms with Crippen LogP contribution in [0.3, 0.4) is 0 Å². The highest BCUT2D eigenvalue weighted by Gasteiger charge is 2.16. The van der Waals surface area contributed by atoms with E-state index in [2.05, 4.69) is 11.1 Å². The van der Waals surface area contributed by atoms with E-state index >= 15 is 0 Å². The van der Waals surface area contributed by atoms with Crippen LogP contribution in [0.25, 0.3) is 21.7 Å². The molecule has 3 aromatic rings. The number of aromatic nitrogens is 1. The Morgan fingerprint density at radius 3 is 2.58 bits per heavy atom. The Kier molecular flexibility index (Phi) is 4.36. The number of benzene rings is 1. The number of pyridine rings is 1. The Morgan fingerprint density at radius 2 is 1.96 bits per heavy atom. The van der Waals surface area contributed by atoms with Crippen molar-refractivity contribution in [2.75, 3.05) is 20.0 Å². The van der Waals surface area contributed by atoms with Gasteiger partial charge in [-0.3, -0.25) is 0 Å². The van der Waals surface area contributed by atoms with Gasteiger partial charge in [0.15, 0.2) is 0 Å². The van der Waals surface area contributed by atoms with Crippen molar-refractivity contribution in [3.05, 3.63) is 47.3 Å². The van der Waals surface area contributed by atoms with Crippen LogP contribution in [0.15, 0.2) is 41.8 Å². The molecule has 2 aromatic heterocycles. The zero-order valence-electron chi connectivity index (χ0n) is 13.2. The van der Waals surface area contributed by atoms with E-state index in [1.807, 2.05) is 41.8 Å². The van der Waals surface area contributed by atoms with E-state index in [1.54, 1.807) is 25.6 Å². The lowest BCUT2D eigenvalue weighted by molar-refractivity contribution is 0.404. The largest absolute Gasteiger partial charge is 0.497 e. The molecule has 1 aromatic carbocycles. The zero-order valence-corrected chi connectivity index (χ0v) is 14.1. The van der Waals surface area contributed by atoms with Crippen LogP contribution in [0.4, 0.5) is 5.82 Å². The molecule has 0 saturated heterocycles. The van der Waals surface area contributed by atoms with Crippen LogP contribution in [0.2, 0.25) is 0 Å². The number of nitriles is 1. The number of nitrogen functional groups attached to an aromatic ring is 1. The van der Waals surface area contributed by atoms with Crippen LogP contribution < -0.4 is 15.2 Å². The third kappa shape index (κ3) is 2.77. The molecule has 24 heavy (non-hydrogen) atoms. The number of nitrogens with two attached hydrogens (primary N) is 1. The summed E-state index contributed by atoms with van der Waals surface area (Å²) in [5.74, 6) is 1.54. The summed E-state index contributed by atoms with van der Waals surface area (Å²) in [6, 6.07) is 13.4. The average molecular weight is 337 g/mol. The number of hydrogen-bond donors (Lipinski definition) is 1. The quantitative estimate of drug-likeness (QED) is 0.779. The van der Waals surface area contributed by atoms with Gasteiger partial charge in [0.1, 0.15) is 28.9 Å². The molecule has 0 radical (unpaired) electrons. The van der Waals surface area contributed by atoms with Gasteiger partial charge < -0.3 is 15.2 Å². The standard InChI is InChI=1S/C18H15N3O2S/c1-22-11-5-6-16(23-2)13(8-11)15-9-12(17-4-3-7-24-17)14(10-19)18(20)21-15/h3-9H,1-2H3,(H2,20,21). The van der Waals surface area contributed by atoms with Crippen molar-refractivity contribution < 1.29 is 9.47 Å². The van der Waals surface area contributed by atoms with Crippen molar-refractivity contribution in [1.29, 1.82) is 5.26 Å². The van der Waals surface area contributed by atoms with Gasteiger partial charge in [-0.15, -0.1) is 11.3 Å². The van der Waals surface area contributed by atoms with Gasteiger partial charge in [-0.1, -0.05) is 6.07 Å². The SMILES string of the molecule is COc1ccc(OC)c(-c2cc(-c3cccs3)c(C#N)c(N)n2)c1. The van der Waals surface area contributed by atoms with E-state index in [-0.39, 0.29) is 5.82 Å². The van der Waals surface area contributed by atoms with Crippen molar-refractivity contribution in [1.82, 2.24) is 4.98 Å². The van der Waals surface area contributed by atoms with Gasteiger partial charge >= 0.3 is 0 Å². The predicted octanol–water partition coefficient (Wildman–Crippen LogP) is 3.95. The van der Waals surface area contributed by atoms with Gasteiger partial charge in [0.25, 0.3) is 0 Å². The van der Waals surface area contributed by atoms with Crippen LogP contribution >= 0.6 is 11.3 Å². The van der Waals surface area contributed by atoms with E-state index in [4.69, 9.17) is 15.2 Å². The molecule has 0 aliphatic rings. The molecule has 6 heteroatoms. The Bertz CT molecular complexity index is 915. The fourth-order valence-corrected chi connectivity index (χ4v) is 3.21. The summed E-state index contributed by atoms with van der Waals surface area (Å²) in [7, 11) is 3.20. The maximum atomic E-state index is 9.43. The monoisotopic (exact) mass is 337 g/mol. The third-order valence-corrected chi connectivity index (χ3v) is 4.53. The highest BCUT2D eigenvalue weighted by molar-refractivity contribution is 7.13. The second-order valence-electron chi connectivity index (χ2n) is 4.97. The normalized spacial score (nSPS) is 10.2. The summed E-state index contributed by atoms with van der Waals surface area (Å²) < 4.78 is 10.7. The van der Waals surface area contributed by atoms with Gasteiger partial charge in [0.2, 0.25) is 0 Å². The van der Waals surface area contributed by atoms with Crippen molar-refractivity contribution in [3.8, 4) is 39.3 Å². The molecular formula is C18H15N3O2S. The lowest BCUT2D eigenvalue weighted by Crippen LogP contribution is -2.00. The predicted molar refractivity (Wildman–Crippen MR) is 95.2 cm³/mol. The van der Waals surface area contributed by atoms with Crippen LogP contribution in [0, 0.1) is 11.3 Å². The van der Waals surface area contributed by atoms with E-state index in [9.17, 15) is 5.26 Å². The summed E-state index contributed by atoms with van der Waals surface area (Å²) in [6.07, 6.45) is 0. The van der Waals surface area contributed by atoms with Gasteiger partial charge in [-0.05, 0) is 35.7 Å². The molecule has 0 saturated carbocycles. The minimum absolute atomic E-state index is 0.197. The molecule has 2 heterocycles. The maximum absolute atomic E-state index is 9.43. The first-order valence-corrected chi connectivity index (χ1v) is 8.02. The Hall–Kier alpha value is -3.04. The second kappa shape index (κ2) is 6.60. The molecule has 0 amide bonds. The van der Waals surface area contributed by atoms with E-state index < -0.39 is 0 Å². The first-order chi connectivity index (χ1) is 11.7. The Labute approximate surface area is 143 Å². The number of methoxy groups -OCH3 is 2. The van der Waals surface area contributed by atoms with Gasteiger partial charge in [0.05, 0.1) is 19.9 Å². The molecule has 0 fully saturated rings. The van der Waals surface area contributed by atoms with Crippen LogP contribution in [-0.2, 0) is 0 Å². The first-order valence-electron chi connectivity index (χ1n) is 7.14. The second-order valence-corrected chi connectivity index (χ2v) is 5.92. The van der Waals surface area contributed by atoms with Gasteiger partial charge in [-0.2, -0.15) is 5.26 Å². The van der Waals surface area contributed by atoms with Gasteiger partial charge in [-0.25, -0.2) is 4.98 Å². The molecule has 0 aliphatic carbocycles. The molecule has 0 atom stereocenters.